The van der Waals surface area contributed by atoms with Crippen molar-refractivity contribution in [1.82, 2.24) is 5.01 Å². The Bertz CT molecular complexity index is 1350. The van der Waals surface area contributed by atoms with Crippen LogP contribution in [0.4, 0.5) is 5.69 Å². The number of hydrogen-bond acceptors (Lipinski definition) is 8. The fourth-order valence-electron chi connectivity index (χ4n) is 3.17. The van der Waals surface area contributed by atoms with Gasteiger partial charge in [-0.3, -0.25) is 20.3 Å². The third-order valence-corrected chi connectivity index (χ3v) is 6.44. The number of furan rings is 1. The van der Waals surface area contributed by atoms with E-state index >= 15 is 0 Å². The summed E-state index contributed by atoms with van der Waals surface area (Å²) in [5.74, 6) is 0.108. The van der Waals surface area contributed by atoms with Crippen LogP contribution >= 0.6 is 23.1 Å². The number of amidine groups is 2. The summed E-state index contributed by atoms with van der Waals surface area (Å²) >= 11 is 2.89. The van der Waals surface area contributed by atoms with Crippen molar-refractivity contribution in [2.45, 2.75) is 6.42 Å². The van der Waals surface area contributed by atoms with Crippen LogP contribution in [-0.2, 0) is 11.2 Å². The van der Waals surface area contributed by atoms with E-state index in [1.165, 1.54) is 35.0 Å². The fraction of sp³-hybridized carbons (Fsp3) is 0.0476. The first kappa shape index (κ1) is 20.1. The molecule has 0 saturated heterocycles. The number of nitrogens with one attached hydrogen (secondary N) is 1. The van der Waals surface area contributed by atoms with Crippen molar-refractivity contribution in [2.24, 2.45) is 10.1 Å². The van der Waals surface area contributed by atoms with Gasteiger partial charge in [0, 0.05) is 29.0 Å². The minimum Gasteiger partial charge on any atom is -0.457 e. The van der Waals surface area contributed by atoms with Crippen LogP contribution in [0.2, 0.25) is 0 Å². The molecular formula is C21H13N5O4S2. The van der Waals surface area contributed by atoms with Crippen LogP contribution < -0.4 is 0 Å². The molecule has 0 bridgehead atoms. The number of aliphatic imine (C=N–C) groups is 1. The van der Waals surface area contributed by atoms with Crippen LogP contribution in [0.3, 0.4) is 0 Å². The lowest BCUT2D eigenvalue weighted by molar-refractivity contribution is -0.384. The summed E-state index contributed by atoms with van der Waals surface area (Å²) in [6, 6.07) is 13.3. The molecule has 0 radical (unpaired) electrons. The Balaban J connectivity index is 1.40. The molecule has 0 aliphatic carbocycles. The lowest BCUT2D eigenvalue weighted by atomic mass is 10.1. The third kappa shape index (κ3) is 3.79. The highest BCUT2D eigenvalue weighted by Gasteiger charge is 2.35. The second kappa shape index (κ2) is 8.02. The number of hydrazone groups is 1. The van der Waals surface area contributed by atoms with Crippen molar-refractivity contribution in [1.29, 1.82) is 5.41 Å². The van der Waals surface area contributed by atoms with E-state index in [1.54, 1.807) is 35.6 Å². The largest absolute Gasteiger partial charge is 0.457 e. The summed E-state index contributed by atoms with van der Waals surface area (Å²) in [5.41, 5.74) is 0.538. The summed E-state index contributed by atoms with van der Waals surface area (Å²) < 4.78 is 5.75. The van der Waals surface area contributed by atoms with Gasteiger partial charge < -0.3 is 4.42 Å². The number of fused-ring (bicyclic) bond motifs is 1. The third-order valence-electron chi connectivity index (χ3n) is 4.66. The fourth-order valence-corrected chi connectivity index (χ4v) is 4.87. The van der Waals surface area contributed by atoms with E-state index in [2.05, 4.69) is 10.1 Å². The summed E-state index contributed by atoms with van der Waals surface area (Å²) in [7, 11) is 0. The average molecular weight is 464 g/mol. The molecular weight excluding hydrogens is 450 g/mol. The van der Waals surface area contributed by atoms with Crippen LogP contribution in [0.1, 0.15) is 10.6 Å². The molecule has 3 aromatic rings. The number of non-ortho nitro benzene ring substituents is 1. The van der Waals surface area contributed by atoms with Gasteiger partial charge in [0.2, 0.25) is 5.17 Å². The predicted octanol–water partition coefficient (Wildman–Crippen LogP) is 4.78. The molecule has 0 unspecified atom stereocenters. The van der Waals surface area contributed by atoms with Crippen LogP contribution in [0.15, 0.2) is 74.0 Å². The van der Waals surface area contributed by atoms with E-state index in [-0.39, 0.29) is 17.1 Å². The minimum atomic E-state index is -0.547. The number of nitrogens with zero attached hydrogens (tertiary/aromatic N) is 4. The number of nitro benzene ring substituents is 1. The van der Waals surface area contributed by atoms with Gasteiger partial charge in [0.1, 0.15) is 16.6 Å². The Hall–Kier alpha value is -3.83. The van der Waals surface area contributed by atoms with E-state index in [0.717, 1.165) is 9.92 Å². The van der Waals surface area contributed by atoms with E-state index < -0.39 is 10.8 Å². The summed E-state index contributed by atoms with van der Waals surface area (Å²) in [4.78, 5) is 28.3. The topological polar surface area (TPSA) is 125 Å². The van der Waals surface area contributed by atoms with Crippen LogP contribution in [-0.4, -0.2) is 31.9 Å². The first-order valence-corrected chi connectivity index (χ1v) is 11.0. The van der Waals surface area contributed by atoms with Crippen LogP contribution in [0.25, 0.3) is 17.4 Å². The molecule has 1 amide bonds. The Morgan fingerprint density at radius 1 is 1.22 bits per heavy atom. The monoisotopic (exact) mass is 463 g/mol. The van der Waals surface area contributed by atoms with Gasteiger partial charge in [-0.1, -0.05) is 18.2 Å². The lowest BCUT2D eigenvalue weighted by Crippen LogP contribution is -2.35. The maximum atomic E-state index is 12.6. The van der Waals surface area contributed by atoms with Crippen molar-refractivity contribution in [2.75, 3.05) is 0 Å². The molecule has 0 saturated carbocycles. The number of carbonyl (C=O) groups excluding carboxylic acids is 1. The molecule has 9 nitrogen and oxygen atoms in total. The number of benzene rings is 1. The molecule has 11 heteroatoms. The number of thioether (sulfide) groups is 1. The van der Waals surface area contributed by atoms with Gasteiger partial charge in [0.15, 0.2) is 5.84 Å². The normalized spacial score (nSPS) is 16.9. The molecule has 4 heterocycles. The zero-order valence-corrected chi connectivity index (χ0v) is 17.9. The molecule has 2 aliphatic heterocycles. The van der Waals surface area contributed by atoms with Gasteiger partial charge in [0.25, 0.3) is 11.6 Å². The second-order valence-corrected chi connectivity index (χ2v) is 8.85. The molecule has 2 aliphatic rings. The van der Waals surface area contributed by atoms with Crippen molar-refractivity contribution < 1.29 is 14.1 Å². The molecule has 0 fully saturated rings. The van der Waals surface area contributed by atoms with Crippen molar-refractivity contribution in [3.8, 4) is 11.3 Å². The van der Waals surface area contributed by atoms with Gasteiger partial charge in [-0.25, -0.2) is 0 Å². The van der Waals surface area contributed by atoms with E-state index in [0.29, 0.717) is 28.7 Å². The average Bonchev–Trinajstić information content (AvgIpc) is 3.53. The Kier molecular flexibility index (Phi) is 5.04. The Morgan fingerprint density at radius 3 is 2.88 bits per heavy atom. The molecule has 32 heavy (non-hydrogen) atoms. The number of carbonyl (C=O) groups is 1. The standard InChI is InChI=1S/C21H13N5O4S2/c22-19-16(10-14-6-7-17(30-14)12-3-1-4-13(9-12)26(28)29)20(27)23-21-25(19)24-18(32-21)11-15-5-2-8-31-15/h1-10,22H,11H2. The Morgan fingerprint density at radius 2 is 2.09 bits per heavy atom. The number of amides is 1. The maximum Gasteiger partial charge on any atom is 0.283 e. The first-order valence-electron chi connectivity index (χ1n) is 9.34. The highest BCUT2D eigenvalue weighted by atomic mass is 32.2. The quantitative estimate of drug-likeness (QED) is 0.330. The zero-order valence-electron chi connectivity index (χ0n) is 16.2. The van der Waals surface area contributed by atoms with Crippen molar-refractivity contribution in [3.05, 3.63) is 80.2 Å². The molecule has 0 atom stereocenters. The van der Waals surface area contributed by atoms with Gasteiger partial charge >= 0.3 is 0 Å². The summed E-state index contributed by atoms with van der Waals surface area (Å²) in [5, 5.41) is 28.4. The van der Waals surface area contributed by atoms with Gasteiger partial charge in [0.05, 0.1) is 10.5 Å². The summed E-state index contributed by atoms with van der Waals surface area (Å²) in [6.07, 6.45) is 2.05. The number of thiophene rings is 1. The second-order valence-electron chi connectivity index (χ2n) is 6.78. The van der Waals surface area contributed by atoms with E-state index in [4.69, 9.17) is 9.83 Å². The summed E-state index contributed by atoms with van der Waals surface area (Å²) in [6.45, 7) is 0. The van der Waals surface area contributed by atoms with E-state index in [9.17, 15) is 14.9 Å². The van der Waals surface area contributed by atoms with E-state index in [1.807, 2.05) is 17.5 Å². The van der Waals surface area contributed by atoms with Gasteiger partial charge in [-0.2, -0.15) is 15.1 Å². The SMILES string of the molecule is N=C1C(=Cc2ccc(-c3cccc([N+](=O)[O-])c3)o2)C(=O)N=C2SC(Cc3cccs3)=NN12. The van der Waals surface area contributed by atoms with Gasteiger partial charge in [-0.15, -0.1) is 11.3 Å². The minimum absolute atomic E-state index is 0.0485. The highest BCUT2D eigenvalue weighted by molar-refractivity contribution is 8.27. The molecule has 1 aromatic carbocycles. The van der Waals surface area contributed by atoms with Crippen LogP contribution in [0, 0.1) is 15.5 Å². The Labute approximate surface area is 189 Å². The van der Waals surface area contributed by atoms with Gasteiger partial charge in [-0.05, 0) is 41.4 Å². The number of hydrogen-bond donors (Lipinski definition) is 1. The predicted molar refractivity (Wildman–Crippen MR) is 124 cm³/mol. The smallest absolute Gasteiger partial charge is 0.283 e. The molecule has 158 valence electrons. The molecule has 2 aromatic heterocycles. The van der Waals surface area contributed by atoms with Crippen LogP contribution in [0.5, 0.6) is 0 Å². The first-order chi connectivity index (χ1) is 15.5. The van der Waals surface area contributed by atoms with Crippen molar-refractivity contribution >= 4 is 56.8 Å². The molecule has 0 spiro atoms. The van der Waals surface area contributed by atoms with Crippen molar-refractivity contribution in [3.63, 3.8) is 0 Å². The zero-order chi connectivity index (χ0) is 22.2. The molecule has 1 N–H and O–H groups in total. The molecule has 5 rings (SSSR count). The lowest BCUT2D eigenvalue weighted by Gasteiger charge is -2.19. The highest BCUT2D eigenvalue weighted by Crippen LogP contribution is 2.31. The number of nitro groups is 1. The number of rotatable bonds is 5. The maximum absolute atomic E-state index is 12.6.